The van der Waals surface area contributed by atoms with Crippen LogP contribution < -0.4 is 19.9 Å². The summed E-state index contributed by atoms with van der Waals surface area (Å²) >= 11 is 0. The molecule has 4 aromatic rings. The van der Waals surface area contributed by atoms with Gasteiger partial charge in [-0.2, -0.15) is 0 Å². The molecule has 0 bridgehead atoms. The summed E-state index contributed by atoms with van der Waals surface area (Å²) < 4.78 is 34.2. The van der Waals surface area contributed by atoms with Crippen molar-refractivity contribution < 1.29 is 27.9 Å². The number of carbonyl (C=O) groups is 3. The molecule has 4 atom stereocenters. The van der Waals surface area contributed by atoms with E-state index in [4.69, 9.17) is 14.7 Å². The number of aromatic amines is 1. The summed E-state index contributed by atoms with van der Waals surface area (Å²) in [6.45, 7) is 8.30. The molecule has 1 spiro atoms. The molecule has 1 saturated carbocycles. The van der Waals surface area contributed by atoms with Crippen molar-refractivity contribution >= 4 is 40.3 Å². The fourth-order valence-electron chi connectivity index (χ4n) is 11.9. The van der Waals surface area contributed by atoms with E-state index < -0.39 is 18.4 Å². The molecule has 2 aromatic carbocycles. The van der Waals surface area contributed by atoms with E-state index in [-0.39, 0.29) is 42.9 Å². The Morgan fingerprint density at radius 3 is 2.55 bits per heavy atom. The van der Waals surface area contributed by atoms with Gasteiger partial charge in [0.15, 0.2) is 0 Å². The number of nitrogens with one attached hydrogen (secondary N) is 2. The van der Waals surface area contributed by atoms with Gasteiger partial charge in [-0.25, -0.2) is 18.7 Å². The predicted molar refractivity (Wildman–Crippen MR) is 220 cm³/mol. The van der Waals surface area contributed by atoms with Crippen LogP contribution in [0.25, 0.3) is 10.9 Å². The molecule has 3 saturated heterocycles. The number of nitrogens with zero attached hydrogens (tertiary/aromatic N) is 7. The summed E-state index contributed by atoms with van der Waals surface area (Å²) in [5, 5.41) is 3.54. The topological polar surface area (TPSA) is 130 Å². The van der Waals surface area contributed by atoms with Crippen molar-refractivity contribution in [1.82, 2.24) is 35.0 Å². The molecule has 13 nitrogen and oxygen atoms in total. The second-order valence-electron chi connectivity index (χ2n) is 18.4. The molecule has 2 N–H and O–H groups in total. The fourth-order valence-corrected chi connectivity index (χ4v) is 11.9. The summed E-state index contributed by atoms with van der Waals surface area (Å²) in [4.78, 5) is 61.8. The maximum atomic E-state index is 13.9. The molecule has 15 heteroatoms. The first-order valence-corrected chi connectivity index (χ1v) is 21.7. The standard InChI is InChI=1S/C45H51F2N9O4/c1-26-16-32-30-4-2-3-5-34(30)50-39(32)40(55(26)24-37(46)47)28-19-48-44(49-20-28)53-12-10-45(11-13-53)17-27(18-45)21-52-14-15-54-29(22-52)25-60-41-33-23-56(36-8-9-38(57)51-42(36)58)43(59)31(33)6-7-35(41)54/h2-7,19-20,26-27,29,36-37,40,50H,8-18,21-25H2,1H3,(H,51,57,58)/t26-,29+,36?,40-/m1/s1. The molecule has 4 fully saturated rings. The van der Waals surface area contributed by atoms with Crippen LogP contribution in [0.5, 0.6) is 5.75 Å². The molecule has 0 radical (unpaired) electrons. The molecule has 7 aliphatic rings. The molecule has 11 rings (SSSR count). The van der Waals surface area contributed by atoms with Gasteiger partial charge in [-0.1, -0.05) is 18.2 Å². The summed E-state index contributed by atoms with van der Waals surface area (Å²) in [5.74, 6) is 1.27. The van der Waals surface area contributed by atoms with Crippen molar-refractivity contribution in [3.05, 3.63) is 76.7 Å². The zero-order chi connectivity index (χ0) is 40.9. The minimum Gasteiger partial charge on any atom is -0.489 e. The molecule has 2 aromatic heterocycles. The van der Waals surface area contributed by atoms with Crippen LogP contribution in [-0.2, 0) is 22.6 Å². The first-order valence-electron chi connectivity index (χ1n) is 21.7. The number of imide groups is 1. The average Bonchev–Trinajstić information content (AvgIpc) is 3.77. The second-order valence-corrected chi connectivity index (χ2v) is 18.4. The number of alkyl halides is 2. The first kappa shape index (κ1) is 37.8. The van der Waals surface area contributed by atoms with Gasteiger partial charge in [0.2, 0.25) is 17.8 Å². The Balaban J connectivity index is 0.691. The van der Waals surface area contributed by atoms with Crippen LogP contribution in [-0.4, -0.2) is 124 Å². The maximum absolute atomic E-state index is 13.9. The number of rotatable bonds is 7. The van der Waals surface area contributed by atoms with Gasteiger partial charge < -0.3 is 24.4 Å². The summed E-state index contributed by atoms with van der Waals surface area (Å²) in [6.07, 6.45) is 7.24. The maximum Gasteiger partial charge on any atom is 0.255 e. The van der Waals surface area contributed by atoms with E-state index in [0.29, 0.717) is 48.8 Å². The number of anilines is 2. The number of H-pyrrole nitrogens is 1. The number of piperidine rings is 2. The lowest BCUT2D eigenvalue weighted by molar-refractivity contribution is -0.136. The lowest BCUT2D eigenvalue weighted by Gasteiger charge is -2.54. The number of hydrogen-bond donors (Lipinski definition) is 2. The Labute approximate surface area is 347 Å². The van der Waals surface area contributed by atoms with Crippen LogP contribution in [0, 0.1) is 11.3 Å². The van der Waals surface area contributed by atoms with Crippen LogP contribution in [0.4, 0.5) is 20.4 Å². The van der Waals surface area contributed by atoms with Crippen molar-refractivity contribution in [2.24, 2.45) is 11.3 Å². The minimum absolute atomic E-state index is 0.0541. The van der Waals surface area contributed by atoms with E-state index in [1.807, 2.05) is 54.5 Å². The third-order valence-electron chi connectivity index (χ3n) is 14.8. The second kappa shape index (κ2) is 14.5. The van der Waals surface area contributed by atoms with E-state index in [1.54, 1.807) is 4.90 Å². The van der Waals surface area contributed by atoms with E-state index in [1.165, 1.54) is 18.4 Å². The van der Waals surface area contributed by atoms with Crippen LogP contribution in [0.15, 0.2) is 48.8 Å². The zero-order valence-electron chi connectivity index (χ0n) is 33.9. The van der Waals surface area contributed by atoms with Gasteiger partial charge in [0.25, 0.3) is 12.3 Å². The largest absolute Gasteiger partial charge is 0.489 e. The number of aromatic nitrogens is 3. The third-order valence-corrected chi connectivity index (χ3v) is 14.8. The Morgan fingerprint density at radius 2 is 1.77 bits per heavy atom. The number of ether oxygens (including phenoxy) is 1. The van der Waals surface area contributed by atoms with Crippen molar-refractivity contribution in [3.63, 3.8) is 0 Å². The Kier molecular flexibility index (Phi) is 9.14. The molecule has 8 heterocycles. The van der Waals surface area contributed by atoms with Crippen molar-refractivity contribution in [1.29, 1.82) is 0 Å². The number of piperazine rings is 1. The molecular formula is C45H51F2N9O4. The van der Waals surface area contributed by atoms with E-state index >= 15 is 0 Å². The molecule has 60 heavy (non-hydrogen) atoms. The van der Waals surface area contributed by atoms with Gasteiger partial charge in [0, 0.05) is 97.4 Å². The molecule has 1 unspecified atom stereocenters. The first-order chi connectivity index (χ1) is 29.1. The lowest BCUT2D eigenvalue weighted by Crippen LogP contribution is -2.59. The molecule has 3 amide bonds. The van der Waals surface area contributed by atoms with Crippen molar-refractivity contribution in [3.8, 4) is 5.75 Å². The average molecular weight is 820 g/mol. The van der Waals surface area contributed by atoms with Crippen LogP contribution >= 0.6 is 0 Å². The smallest absolute Gasteiger partial charge is 0.255 e. The normalized spacial score (nSPS) is 26.8. The number of para-hydroxylation sites is 1. The molecule has 314 valence electrons. The van der Waals surface area contributed by atoms with Crippen molar-refractivity contribution in [2.45, 2.75) is 89.0 Å². The Hall–Kier alpha value is -5.15. The SMILES string of the molecule is C[C@@H]1Cc2c([nH]c3ccccc23)[C@@H](c2cnc(N3CCC4(CC3)CC(CN3CCN5c6ccc7c(c6OC[C@@H]5C3)CN(C3CCC(=O)NC3=O)C7=O)C4)nc2)N1CC(F)F. The number of carbonyl (C=O) groups excluding carboxylic acids is 3. The molecular weight excluding hydrogens is 769 g/mol. The van der Waals surface area contributed by atoms with Gasteiger partial charge in [0.1, 0.15) is 18.4 Å². The molecule has 1 aliphatic carbocycles. The van der Waals surface area contributed by atoms with Gasteiger partial charge in [0.05, 0.1) is 30.9 Å². The highest BCUT2D eigenvalue weighted by atomic mass is 19.3. The zero-order valence-corrected chi connectivity index (χ0v) is 33.9. The van der Waals surface area contributed by atoms with E-state index in [2.05, 4.69) is 31.1 Å². The Bertz CT molecular complexity index is 2360. The van der Waals surface area contributed by atoms with Crippen LogP contribution in [0.1, 0.15) is 84.2 Å². The van der Waals surface area contributed by atoms with Crippen LogP contribution in [0.2, 0.25) is 0 Å². The molecule has 6 aliphatic heterocycles. The Morgan fingerprint density at radius 1 is 0.967 bits per heavy atom. The number of hydrogen-bond acceptors (Lipinski definition) is 10. The predicted octanol–water partition coefficient (Wildman–Crippen LogP) is 4.90. The summed E-state index contributed by atoms with van der Waals surface area (Å²) in [6, 6.07) is 11.2. The van der Waals surface area contributed by atoms with E-state index in [9.17, 15) is 23.2 Å². The van der Waals surface area contributed by atoms with Crippen LogP contribution in [0.3, 0.4) is 0 Å². The summed E-state index contributed by atoms with van der Waals surface area (Å²) in [7, 11) is 0. The van der Waals surface area contributed by atoms with Gasteiger partial charge in [-0.15, -0.1) is 0 Å². The highest BCUT2D eigenvalue weighted by molar-refractivity contribution is 6.06. The lowest BCUT2D eigenvalue weighted by atomic mass is 9.57. The third kappa shape index (κ3) is 6.33. The van der Waals surface area contributed by atoms with Gasteiger partial charge >= 0.3 is 0 Å². The van der Waals surface area contributed by atoms with E-state index in [0.717, 1.165) is 91.3 Å². The quantitative estimate of drug-likeness (QED) is 0.249. The summed E-state index contributed by atoms with van der Waals surface area (Å²) in [5.41, 5.74) is 6.84. The minimum atomic E-state index is -2.44. The number of amides is 3. The number of halogens is 2. The van der Waals surface area contributed by atoms with Gasteiger partial charge in [-0.3, -0.25) is 29.5 Å². The van der Waals surface area contributed by atoms with Crippen molar-refractivity contribution in [2.75, 3.05) is 62.2 Å². The number of fused-ring (bicyclic) bond motifs is 8. The highest BCUT2D eigenvalue weighted by Crippen LogP contribution is 2.53. The number of benzene rings is 2. The highest BCUT2D eigenvalue weighted by Gasteiger charge is 2.48. The monoisotopic (exact) mass is 819 g/mol. The van der Waals surface area contributed by atoms with Gasteiger partial charge in [-0.05, 0) is 80.5 Å². The fraction of sp³-hybridized carbons (Fsp3) is 0.533.